The van der Waals surface area contributed by atoms with Gasteiger partial charge in [0.2, 0.25) is 0 Å². The number of aromatic nitrogens is 2. The number of piperidine rings is 1. The van der Waals surface area contributed by atoms with E-state index in [4.69, 9.17) is 25.2 Å². The fourth-order valence-electron chi connectivity index (χ4n) is 4.45. The van der Waals surface area contributed by atoms with Gasteiger partial charge in [-0.05, 0) is 32.8 Å². The molecule has 1 saturated heterocycles. The van der Waals surface area contributed by atoms with Crippen LogP contribution in [0.25, 0.3) is 10.9 Å². The molecule has 2 atom stereocenters. The van der Waals surface area contributed by atoms with Crippen molar-refractivity contribution in [2.24, 2.45) is 5.41 Å². The number of carbonyl (C=O) groups excluding carboxylic acids is 1. The number of para-hydroxylation sites is 1. The zero-order chi connectivity index (χ0) is 28.6. The van der Waals surface area contributed by atoms with Gasteiger partial charge in [0, 0.05) is 49.6 Å². The van der Waals surface area contributed by atoms with Crippen molar-refractivity contribution in [1.29, 1.82) is 0 Å². The third-order valence-corrected chi connectivity index (χ3v) is 6.23. The van der Waals surface area contributed by atoms with Gasteiger partial charge in [-0.15, -0.1) is 0 Å². The molecule has 3 rings (SSSR count). The number of carboxylic acid groups (broad SMARTS) is 2. The first-order chi connectivity index (χ1) is 17.8. The maximum atomic E-state index is 12.9. The molecule has 1 aromatic carbocycles. The number of amides is 1. The van der Waals surface area contributed by atoms with Gasteiger partial charge < -0.3 is 35.4 Å². The predicted molar refractivity (Wildman–Crippen MR) is 140 cm³/mol. The molecule has 2 heterocycles. The third-order valence-electron chi connectivity index (χ3n) is 6.23. The van der Waals surface area contributed by atoms with Crippen molar-refractivity contribution >= 4 is 28.7 Å². The minimum atomic E-state index is -2.27. The zero-order valence-corrected chi connectivity index (χ0v) is 22.6. The highest BCUT2D eigenvalue weighted by Gasteiger charge is 2.29. The SMILES string of the molecule is COCC(C)(C)CN1CCC(NC(=O)c2nn(C(C)C)c3ccccc23)CC1.O=C(O)C(O)C(O)C(=O)O. The lowest BCUT2D eigenvalue weighted by atomic mass is 9.92. The molecule has 212 valence electrons. The van der Waals surface area contributed by atoms with Gasteiger partial charge in [-0.3, -0.25) is 9.48 Å². The van der Waals surface area contributed by atoms with Crippen molar-refractivity contribution in [1.82, 2.24) is 20.0 Å². The average Bonchev–Trinajstić information content (AvgIpc) is 3.24. The second-order valence-corrected chi connectivity index (χ2v) is 10.6. The smallest absolute Gasteiger partial charge is 0.335 e. The normalized spacial score (nSPS) is 16.5. The highest BCUT2D eigenvalue weighted by molar-refractivity contribution is 6.05. The number of nitrogens with one attached hydrogen (secondary N) is 1. The first kappa shape index (κ1) is 31.2. The molecule has 0 bridgehead atoms. The van der Waals surface area contributed by atoms with Crippen molar-refractivity contribution in [3.63, 3.8) is 0 Å². The largest absolute Gasteiger partial charge is 0.479 e. The average molecular weight is 537 g/mol. The predicted octanol–water partition coefficient (Wildman–Crippen LogP) is 1.36. The Balaban J connectivity index is 0.000000432. The van der Waals surface area contributed by atoms with Crippen molar-refractivity contribution in [3.8, 4) is 0 Å². The molecule has 1 aromatic heterocycles. The number of likely N-dealkylation sites (tertiary alicyclic amines) is 1. The zero-order valence-electron chi connectivity index (χ0n) is 22.6. The quantitative estimate of drug-likeness (QED) is 0.298. The Morgan fingerprint density at radius 2 is 1.63 bits per heavy atom. The molecule has 38 heavy (non-hydrogen) atoms. The van der Waals surface area contributed by atoms with Crippen molar-refractivity contribution in [2.45, 2.75) is 64.8 Å². The number of methoxy groups -OCH3 is 1. The van der Waals surface area contributed by atoms with Crippen LogP contribution in [0.3, 0.4) is 0 Å². The van der Waals surface area contributed by atoms with Gasteiger partial charge in [0.05, 0.1) is 12.1 Å². The summed E-state index contributed by atoms with van der Waals surface area (Å²) in [5, 5.41) is 41.3. The van der Waals surface area contributed by atoms with E-state index in [-0.39, 0.29) is 23.4 Å². The first-order valence-electron chi connectivity index (χ1n) is 12.6. The van der Waals surface area contributed by atoms with E-state index < -0.39 is 24.1 Å². The molecule has 5 N–H and O–H groups in total. The van der Waals surface area contributed by atoms with Crippen LogP contribution in [0.4, 0.5) is 0 Å². The Labute approximate surface area is 222 Å². The maximum absolute atomic E-state index is 12.9. The summed E-state index contributed by atoms with van der Waals surface area (Å²) in [6.07, 6.45) is -2.59. The number of aliphatic carboxylic acids is 2. The molecule has 0 radical (unpaired) electrons. The van der Waals surface area contributed by atoms with Crippen LogP contribution in [0.15, 0.2) is 24.3 Å². The molecule has 12 nitrogen and oxygen atoms in total. The number of carboxylic acids is 2. The Kier molecular flexibility index (Phi) is 11.2. The molecule has 1 aliphatic heterocycles. The van der Waals surface area contributed by atoms with Crippen LogP contribution in [0.2, 0.25) is 0 Å². The summed E-state index contributed by atoms with van der Waals surface area (Å²) in [6, 6.07) is 8.38. The standard InChI is InChI=1S/C22H34N4O2.C4H6O6/c1-16(2)26-19-9-7-6-8-18(19)20(24-26)21(27)23-17-10-12-25(13-11-17)14-22(3,4)15-28-5;5-1(3(7)8)2(6)4(9)10/h6-9,16-17H,10-15H2,1-5H3,(H,23,27);1-2,5-6H,(H,7,8)(H,9,10). The molecule has 0 saturated carbocycles. The molecule has 0 spiro atoms. The van der Waals surface area contributed by atoms with E-state index in [9.17, 15) is 14.4 Å². The number of rotatable bonds is 10. The number of aliphatic hydroxyl groups excluding tert-OH is 2. The second-order valence-electron chi connectivity index (χ2n) is 10.6. The van der Waals surface area contributed by atoms with E-state index in [2.05, 4.69) is 43.0 Å². The third kappa shape index (κ3) is 8.48. The minimum absolute atomic E-state index is 0.0613. The van der Waals surface area contributed by atoms with E-state index in [1.165, 1.54) is 0 Å². The number of hydrogen-bond donors (Lipinski definition) is 5. The molecule has 2 aromatic rings. The van der Waals surface area contributed by atoms with Crippen LogP contribution in [0.1, 0.15) is 57.1 Å². The summed E-state index contributed by atoms with van der Waals surface area (Å²) < 4.78 is 7.27. The molecule has 0 aliphatic carbocycles. The van der Waals surface area contributed by atoms with Gasteiger partial charge in [0.15, 0.2) is 17.9 Å². The number of ether oxygens (including phenoxy) is 1. The number of aliphatic hydroxyl groups is 2. The minimum Gasteiger partial charge on any atom is -0.479 e. The summed E-state index contributed by atoms with van der Waals surface area (Å²) in [6.45, 7) is 12.4. The van der Waals surface area contributed by atoms with E-state index in [1.54, 1.807) is 7.11 Å². The molecular formula is C26H40N4O8. The van der Waals surface area contributed by atoms with Crippen LogP contribution in [-0.2, 0) is 14.3 Å². The van der Waals surface area contributed by atoms with Gasteiger partial charge in [-0.2, -0.15) is 5.10 Å². The molecule has 1 aliphatic rings. The van der Waals surface area contributed by atoms with E-state index >= 15 is 0 Å². The molecule has 12 heteroatoms. The van der Waals surface area contributed by atoms with Crippen molar-refractivity contribution < 1.29 is 39.5 Å². The van der Waals surface area contributed by atoms with Crippen LogP contribution in [0, 0.1) is 5.41 Å². The van der Waals surface area contributed by atoms with E-state index in [0.717, 1.165) is 50.0 Å². The lowest BCUT2D eigenvalue weighted by Gasteiger charge is -2.37. The van der Waals surface area contributed by atoms with Crippen LogP contribution < -0.4 is 5.32 Å². The Morgan fingerprint density at radius 1 is 1.08 bits per heavy atom. The number of carbonyl (C=O) groups is 3. The first-order valence-corrected chi connectivity index (χ1v) is 12.6. The van der Waals surface area contributed by atoms with Crippen LogP contribution >= 0.6 is 0 Å². The number of hydrogen-bond acceptors (Lipinski definition) is 8. The molecule has 1 amide bonds. The summed E-state index contributed by atoms with van der Waals surface area (Å²) in [5.74, 6) is -3.60. The van der Waals surface area contributed by atoms with Gasteiger partial charge in [-0.1, -0.05) is 32.0 Å². The van der Waals surface area contributed by atoms with E-state index in [1.807, 2.05) is 28.9 Å². The van der Waals surface area contributed by atoms with Gasteiger partial charge >= 0.3 is 11.9 Å². The van der Waals surface area contributed by atoms with Gasteiger partial charge in [-0.25, -0.2) is 9.59 Å². The van der Waals surface area contributed by atoms with Crippen molar-refractivity contribution in [2.75, 3.05) is 33.4 Å². The summed E-state index contributed by atoms with van der Waals surface area (Å²) in [7, 11) is 1.76. The summed E-state index contributed by atoms with van der Waals surface area (Å²) in [4.78, 5) is 35.0. The Bertz CT molecular complexity index is 1070. The Morgan fingerprint density at radius 3 is 2.13 bits per heavy atom. The lowest BCUT2D eigenvalue weighted by Crippen LogP contribution is -2.47. The fraction of sp³-hybridized carbons (Fsp3) is 0.615. The van der Waals surface area contributed by atoms with Crippen LogP contribution in [0.5, 0.6) is 0 Å². The topological polar surface area (TPSA) is 174 Å². The highest BCUT2D eigenvalue weighted by Crippen LogP contribution is 2.23. The number of fused-ring (bicyclic) bond motifs is 1. The molecule has 1 fully saturated rings. The lowest BCUT2D eigenvalue weighted by molar-refractivity contribution is -0.165. The Hall–Kier alpha value is -3.06. The number of nitrogens with zero attached hydrogens (tertiary/aromatic N) is 3. The monoisotopic (exact) mass is 536 g/mol. The van der Waals surface area contributed by atoms with Crippen LogP contribution in [-0.4, -0.2) is 105 Å². The van der Waals surface area contributed by atoms with Crippen molar-refractivity contribution in [3.05, 3.63) is 30.0 Å². The maximum Gasteiger partial charge on any atom is 0.335 e. The second kappa shape index (κ2) is 13.7. The fourth-order valence-corrected chi connectivity index (χ4v) is 4.45. The molecule has 2 unspecified atom stereocenters. The summed E-state index contributed by atoms with van der Waals surface area (Å²) in [5.41, 5.74) is 1.69. The molecular weight excluding hydrogens is 496 g/mol. The summed E-state index contributed by atoms with van der Waals surface area (Å²) >= 11 is 0. The van der Waals surface area contributed by atoms with Gasteiger partial charge in [0.25, 0.3) is 5.91 Å². The highest BCUT2D eigenvalue weighted by atomic mass is 16.5. The van der Waals surface area contributed by atoms with E-state index in [0.29, 0.717) is 5.69 Å². The number of benzene rings is 1. The van der Waals surface area contributed by atoms with Gasteiger partial charge in [0.1, 0.15) is 0 Å².